The SMILES string of the molecule is CCC(C)(C1C=CC=CO1)C1C=CC=CO1. The Kier molecular flexibility index (Phi) is 3.18. The van der Waals surface area contributed by atoms with Gasteiger partial charge in [-0.3, -0.25) is 0 Å². The fourth-order valence-electron chi connectivity index (χ4n) is 2.09. The van der Waals surface area contributed by atoms with Gasteiger partial charge in [-0.1, -0.05) is 26.0 Å². The van der Waals surface area contributed by atoms with Gasteiger partial charge in [0.15, 0.2) is 0 Å². The zero-order valence-electron chi connectivity index (χ0n) is 9.80. The van der Waals surface area contributed by atoms with Gasteiger partial charge in [-0.2, -0.15) is 0 Å². The Morgan fingerprint density at radius 1 is 0.938 bits per heavy atom. The van der Waals surface area contributed by atoms with E-state index in [2.05, 4.69) is 26.0 Å². The Balaban J connectivity index is 2.17. The topological polar surface area (TPSA) is 18.5 Å². The molecule has 2 aliphatic rings. The molecule has 0 amide bonds. The monoisotopic (exact) mass is 218 g/mol. The molecule has 0 spiro atoms. The summed E-state index contributed by atoms with van der Waals surface area (Å²) >= 11 is 0. The molecular weight excluding hydrogens is 200 g/mol. The fraction of sp³-hybridized carbons (Fsp3) is 0.429. The van der Waals surface area contributed by atoms with Crippen molar-refractivity contribution in [3.8, 4) is 0 Å². The molecule has 2 atom stereocenters. The molecule has 0 N–H and O–H groups in total. The standard InChI is InChI=1S/C14H18O2/c1-3-14(2,12-8-4-6-10-15-12)13-9-5-7-11-16-13/h4-13H,3H2,1-2H3. The molecule has 0 fully saturated rings. The van der Waals surface area contributed by atoms with Crippen molar-refractivity contribution < 1.29 is 9.47 Å². The number of rotatable bonds is 3. The van der Waals surface area contributed by atoms with Gasteiger partial charge < -0.3 is 9.47 Å². The Morgan fingerprint density at radius 3 is 1.75 bits per heavy atom. The third-order valence-electron chi connectivity index (χ3n) is 3.46. The van der Waals surface area contributed by atoms with Crippen molar-refractivity contribution in [2.45, 2.75) is 32.5 Å². The molecule has 2 unspecified atom stereocenters. The lowest BCUT2D eigenvalue weighted by Crippen LogP contribution is -2.43. The van der Waals surface area contributed by atoms with Gasteiger partial charge in [0.25, 0.3) is 0 Å². The molecule has 2 heterocycles. The molecule has 16 heavy (non-hydrogen) atoms. The van der Waals surface area contributed by atoms with Crippen molar-refractivity contribution in [3.05, 3.63) is 49.0 Å². The maximum Gasteiger partial charge on any atom is 0.125 e. The van der Waals surface area contributed by atoms with E-state index in [0.717, 1.165) is 6.42 Å². The molecule has 0 saturated carbocycles. The van der Waals surface area contributed by atoms with E-state index in [4.69, 9.17) is 9.47 Å². The molecular formula is C14H18O2. The van der Waals surface area contributed by atoms with Gasteiger partial charge in [0, 0.05) is 5.41 Å². The van der Waals surface area contributed by atoms with Crippen LogP contribution in [0.4, 0.5) is 0 Å². The molecule has 0 aromatic carbocycles. The van der Waals surface area contributed by atoms with E-state index in [0.29, 0.717) is 0 Å². The third-order valence-corrected chi connectivity index (χ3v) is 3.46. The molecule has 0 aromatic rings. The van der Waals surface area contributed by atoms with Crippen LogP contribution in [-0.4, -0.2) is 12.2 Å². The number of hydrogen-bond acceptors (Lipinski definition) is 2. The highest BCUT2D eigenvalue weighted by atomic mass is 16.5. The van der Waals surface area contributed by atoms with E-state index >= 15 is 0 Å². The highest BCUT2D eigenvalue weighted by Gasteiger charge is 2.40. The molecule has 0 aromatic heterocycles. The summed E-state index contributed by atoms with van der Waals surface area (Å²) in [6.45, 7) is 4.38. The maximum absolute atomic E-state index is 5.68. The zero-order chi connectivity index (χ0) is 11.4. The molecule has 2 rings (SSSR count). The van der Waals surface area contributed by atoms with Gasteiger partial charge >= 0.3 is 0 Å². The summed E-state index contributed by atoms with van der Waals surface area (Å²) in [6.07, 6.45) is 16.7. The lowest BCUT2D eigenvalue weighted by atomic mass is 9.75. The first-order valence-corrected chi connectivity index (χ1v) is 5.75. The van der Waals surface area contributed by atoms with Crippen LogP contribution in [0.25, 0.3) is 0 Å². The molecule has 0 radical (unpaired) electrons. The van der Waals surface area contributed by atoms with Crippen LogP contribution in [0.15, 0.2) is 49.0 Å². The summed E-state index contributed by atoms with van der Waals surface area (Å²) in [7, 11) is 0. The van der Waals surface area contributed by atoms with E-state index in [-0.39, 0.29) is 17.6 Å². The van der Waals surface area contributed by atoms with Crippen LogP contribution in [0.5, 0.6) is 0 Å². The van der Waals surface area contributed by atoms with Gasteiger partial charge in [-0.25, -0.2) is 0 Å². The van der Waals surface area contributed by atoms with E-state index in [1.54, 1.807) is 12.5 Å². The van der Waals surface area contributed by atoms with E-state index in [1.165, 1.54) is 0 Å². The van der Waals surface area contributed by atoms with Crippen molar-refractivity contribution in [3.63, 3.8) is 0 Å². The molecule has 86 valence electrons. The maximum atomic E-state index is 5.68. The molecule has 2 heteroatoms. The van der Waals surface area contributed by atoms with E-state index in [9.17, 15) is 0 Å². The predicted octanol–water partition coefficient (Wildman–Crippen LogP) is 3.34. The number of ether oxygens (including phenoxy) is 2. The van der Waals surface area contributed by atoms with Crippen LogP contribution in [0.2, 0.25) is 0 Å². The summed E-state index contributed by atoms with van der Waals surface area (Å²) in [5.74, 6) is 0. The summed E-state index contributed by atoms with van der Waals surface area (Å²) < 4.78 is 11.4. The Labute approximate surface area is 96.9 Å². The minimum absolute atomic E-state index is 0.0392. The molecule has 2 aliphatic heterocycles. The second-order valence-electron chi connectivity index (χ2n) is 4.40. The number of hydrogen-bond donors (Lipinski definition) is 0. The zero-order valence-corrected chi connectivity index (χ0v) is 9.80. The largest absolute Gasteiger partial charge is 0.493 e. The minimum atomic E-state index is -0.0392. The second kappa shape index (κ2) is 4.60. The lowest BCUT2D eigenvalue weighted by Gasteiger charge is -2.40. The first kappa shape index (κ1) is 11.1. The predicted molar refractivity (Wildman–Crippen MR) is 64.7 cm³/mol. The third kappa shape index (κ3) is 1.92. The Hall–Kier alpha value is -1.44. The van der Waals surface area contributed by atoms with Crippen LogP contribution in [0, 0.1) is 5.41 Å². The van der Waals surface area contributed by atoms with Crippen molar-refractivity contribution in [1.82, 2.24) is 0 Å². The van der Waals surface area contributed by atoms with Gasteiger partial charge in [0.05, 0.1) is 12.5 Å². The first-order chi connectivity index (χ1) is 7.77. The Bertz CT molecular complexity index is 320. The van der Waals surface area contributed by atoms with Crippen molar-refractivity contribution >= 4 is 0 Å². The van der Waals surface area contributed by atoms with Gasteiger partial charge in [-0.05, 0) is 30.7 Å². The highest BCUT2D eigenvalue weighted by molar-refractivity contribution is 5.17. The average Bonchev–Trinajstić information content (AvgIpc) is 2.40. The lowest BCUT2D eigenvalue weighted by molar-refractivity contribution is -0.0321. The van der Waals surface area contributed by atoms with Gasteiger partial charge in [0.1, 0.15) is 12.2 Å². The van der Waals surface area contributed by atoms with Crippen molar-refractivity contribution in [2.24, 2.45) is 5.41 Å². The summed E-state index contributed by atoms with van der Waals surface area (Å²) in [6, 6.07) is 0. The molecule has 0 bridgehead atoms. The van der Waals surface area contributed by atoms with Crippen LogP contribution >= 0.6 is 0 Å². The average molecular weight is 218 g/mol. The highest BCUT2D eigenvalue weighted by Crippen LogP contribution is 2.37. The van der Waals surface area contributed by atoms with Gasteiger partial charge in [0.2, 0.25) is 0 Å². The molecule has 0 saturated heterocycles. The second-order valence-corrected chi connectivity index (χ2v) is 4.40. The van der Waals surface area contributed by atoms with Crippen LogP contribution < -0.4 is 0 Å². The Morgan fingerprint density at radius 2 is 1.44 bits per heavy atom. The van der Waals surface area contributed by atoms with Crippen LogP contribution in [0.3, 0.4) is 0 Å². The van der Waals surface area contributed by atoms with Crippen molar-refractivity contribution in [1.29, 1.82) is 0 Å². The van der Waals surface area contributed by atoms with E-state index < -0.39 is 0 Å². The fourth-order valence-corrected chi connectivity index (χ4v) is 2.09. The van der Waals surface area contributed by atoms with E-state index in [1.807, 2.05) is 24.3 Å². The van der Waals surface area contributed by atoms with Gasteiger partial charge in [-0.15, -0.1) is 0 Å². The normalized spacial score (nSPS) is 30.6. The summed E-state index contributed by atoms with van der Waals surface area (Å²) in [5, 5.41) is 0. The molecule has 0 aliphatic carbocycles. The quantitative estimate of drug-likeness (QED) is 0.723. The first-order valence-electron chi connectivity index (χ1n) is 5.75. The molecule has 2 nitrogen and oxygen atoms in total. The van der Waals surface area contributed by atoms with Crippen LogP contribution in [-0.2, 0) is 9.47 Å². The minimum Gasteiger partial charge on any atom is -0.493 e. The van der Waals surface area contributed by atoms with Crippen LogP contribution in [0.1, 0.15) is 20.3 Å². The summed E-state index contributed by atoms with van der Waals surface area (Å²) in [4.78, 5) is 0. The summed E-state index contributed by atoms with van der Waals surface area (Å²) in [5.41, 5.74) is -0.0392. The number of allylic oxidation sites excluding steroid dienone is 4. The smallest absolute Gasteiger partial charge is 0.125 e. The van der Waals surface area contributed by atoms with Crippen molar-refractivity contribution in [2.75, 3.05) is 0 Å².